The molecule has 1 saturated carbocycles. The van der Waals surface area contributed by atoms with Crippen LogP contribution in [0.2, 0.25) is 0 Å². The van der Waals surface area contributed by atoms with E-state index in [4.69, 9.17) is 0 Å². The molecule has 1 unspecified atom stereocenters. The first-order valence-corrected chi connectivity index (χ1v) is 5.22. The molecule has 2 rings (SSSR count). The van der Waals surface area contributed by atoms with Gasteiger partial charge in [0.1, 0.15) is 0 Å². The van der Waals surface area contributed by atoms with E-state index >= 15 is 0 Å². The van der Waals surface area contributed by atoms with E-state index in [-0.39, 0.29) is 0 Å². The highest BCUT2D eigenvalue weighted by molar-refractivity contribution is 5.01. The van der Waals surface area contributed by atoms with Crippen molar-refractivity contribution in [1.82, 2.24) is 10.2 Å². The predicted octanol–water partition coefficient (Wildman–Crippen LogP) is 1.08. The Kier molecular flexibility index (Phi) is 2.13. The van der Waals surface area contributed by atoms with Crippen LogP contribution in [0.4, 0.5) is 0 Å². The Hall–Kier alpha value is -0.0800. The average Bonchev–Trinajstić information content (AvgIpc) is 2.86. The number of piperazine rings is 1. The highest BCUT2D eigenvalue weighted by atomic mass is 15.2. The summed E-state index contributed by atoms with van der Waals surface area (Å²) in [5.41, 5.74) is 0.439. The fourth-order valence-electron chi connectivity index (χ4n) is 2.36. The van der Waals surface area contributed by atoms with Crippen molar-refractivity contribution in [3.05, 3.63) is 0 Å². The molecule has 1 N–H and O–H groups in total. The van der Waals surface area contributed by atoms with Crippen LogP contribution >= 0.6 is 0 Å². The van der Waals surface area contributed by atoms with E-state index in [2.05, 4.69) is 24.1 Å². The minimum Gasteiger partial charge on any atom is -0.309 e. The van der Waals surface area contributed by atoms with Gasteiger partial charge in [-0.2, -0.15) is 0 Å². The molecule has 1 aliphatic carbocycles. The molecule has 1 heterocycles. The van der Waals surface area contributed by atoms with Crippen molar-refractivity contribution < 1.29 is 0 Å². The smallest absolute Gasteiger partial charge is 0.0309 e. The molecule has 2 nitrogen and oxygen atoms in total. The molecular formula is C10H20N2. The molecule has 12 heavy (non-hydrogen) atoms. The van der Waals surface area contributed by atoms with Gasteiger partial charge in [0.15, 0.2) is 0 Å². The first kappa shape index (κ1) is 8.52. The minimum absolute atomic E-state index is 0.439. The molecule has 0 aromatic rings. The third kappa shape index (κ3) is 1.50. The van der Waals surface area contributed by atoms with Gasteiger partial charge in [-0.15, -0.1) is 0 Å². The van der Waals surface area contributed by atoms with Crippen LogP contribution in [0.5, 0.6) is 0 Å². The minimum atomic E-state index is 0.439. The molecule has 2 fully saturated rings. The lowest BCUT2D eigenvalue weighted by atomic mass is 9.93. The van der Waals surface area contributed by atoms with Gasteiger partial charge in [0.25, 0.3) is 0 Å². The Morgan fingerprint density at radius 3 is 2.83 bits per heavy atom. The molecule has 1 saturated heterocycles. The van der Waals surface area contributed by atoms with Crippen molar-refractivity contribution >= 4 is 0 Å². The maximum atomic E-state index is 3.68. The molecule has 0 amide bonds. The number of hydrogen-bond acceptors (Lipinski definition) is 2. The summed E-state index contributed by atoms with van der Waals surface area (Å²) in [4.78, 5) is 2.56. The van der Waals surface area contributed by atoms with Crippen LogP contribution in [-0.2, 0) is 0 Å². The molecule has 1 atom stereocenters. The van der Waals surface area contributed by atoms with Crippen LogP contribution in [0, 0.1) is 5.92 Å². The largest absolute Gasteiger partial charge is 0.309 e. The van der Waals surface area contributed by atoms with E-state index < -0.39 is 0 Å². The number of rotatable bonds is 2. The second-order valence-corrected chi connectivity index (χ2v) is 4.49. The number of likely N-dealkylation sites (N-methyl/N-ethyl adjacent to an activating group) is 1. The zero-order valence-electron chi connectivity index (χ0n) is 8.27. The van der Waals surface area contributed by atoms with Gasteiger partial charge in [-0.05, 0) is 32.2 Å². The van der Waals surface area contributed by atoms with Crippen LogP contribution in [0.3, 0.4) is 0 Å². The lowest BCUT2D eigenvalue weighted by molar-refractivity contribution is 0.132. The first-order valence-electron chi connectivity index (χ1n) is 5.22. The van der Waals surface area contributed by atoms with Crippen molar-refractivity contribution in [2.75, 3.05) is 26.2 Å². The van der Waals surface area contributed by atoms with Gasteiger partial charge in [-0.3, -0.25) is 0 Å². The van der Waals surface area contributed by atoms with Crippen LogP contribution in [0.15, 0.2) is 0 Å². The first-order chi connectivity index (χ1) is 5.74. The lowest BCUT2D eigenvalue weighted by Crippen LogP contribution is -2.59. The predicted molar refractivity (Wildman–Crippen MR) is 51.2 cm³/mol. The van der Waals surface area contributed by atoms with Gasteiger partial charge in [-0.1, -0.05) is 6.92 Å². The van der Waals surface area contributed by atoms with E-state index in [0.29, 0.717) is 5.54 Å². The van der Waals surface area contributed by atoms with E-state index in [1.165, 1.54) is 39.0 Å². The highest BCUT2D eigenvalue weighted by Gasteiger charge is 2.43. The molecule has 2 aliphatic rings. The van der Waals surface area contributed by atoms with Gasteiger partial charge >= 0.3 is 0 Å². The zero-order chi connectivity index (χ0) is 8.60. The maximum absolute atomic E-state index is 3.68. The van der Waals surface area contributed by atoms with Gasteiger partial charge < -0.3 is 10.2 Å². The van der Waals surface area contributed by atoms with Crippen molar-refractivity contribution in [3.8, 4) is 0 Å². The van der Waals surface area contributed by atoms with Crippen LogP contribution in [0.25, 0.3) is 0 Å². The topological polar surface area (TPSA) is 15.3 Å². The standard InChI is InChI=1S/C10H20N2/c1-3-12-7-6-11-10(2,8-12)9-4-5-9/h9,11H,3-8H2,1-2H3. The number of nitrogens with zero attached hydrogens (tertiary/aromatic N) is 1. The second kappa shape index (κ2) is 3.00. The summed E-state index contributed by atoms with van der Waals surface area (Å²) in [6, 6.07) is 0. The molecule has 0 bridgehead atoms. The monoisotopic (exact) mass is 168 g/mol. The van der Waals surface area contributed by atoms with Gasteiger partial charge in [-0.25, -0.2) is 0 Å². The zero-order valence-corrected chi connectivity index (χ0v) is 8.27. The Morgan fingerprint density at radius 2 is 2.25 bits per heavy atom. The van der Waals surface area contributed by atoms with Gasteiger partial charge in [0.05, 0.1) is 0 Å². The normalized spacial score (nSPS) is 38.5. The summed E-state index contributed by atoms with van der Waals surface area (Å²) in [5.74, 6) is 0.965. The number of nitrogens with one attached hydrogen (secondary N) is 1. The third-order valence-electron chi connectivity index (χ3n) is 3.43. The fraction of sp³-hybridized carbons (Fsp3) is 1.00. The Morgan fingerprint density at radius 1 is 1.50 bits per heavy atom. The van der Waals surface area contributed by atoms with Crippen molar-refractivity contribution in [2.24, 2.45) is 5.92 Å². The highest BCUT2D eigenvalue weighted by Crippen LogP contribution is 2.40. The molecular weight excluding hydrogens is 148 g/mol. The van der Waals surface area contributed by atoms with E-state index in [0.717, 1.165) is 5.92 Å². The molecule has 1 aliphatic heterocycles. The Balaban J connectivity index is 1.96. The Labute approximate surface area is 75.3 Å². The fourth-order valence-corrected chi connectivity index (χ4v) is 2.36. The average molecular weight is 168 g/mol. The van der Waals surface area contributed by atoms with Crippen molar-refractivity contribution in [1.29, 1.82) is 0 Å². The summed E-state index contributed by atoms with van der Waals surface area (Å²) in [7, 11) is 0. The van der Waals surface area contributed by atoms with Crippen LogP contribution < -0.4 is 5.32 Å². The summed E-state index contributed by atoms with van der Waals surface area (Å²) < 4.78 is 0. The van der Waals surface area contributed by atoms with Crippen LogP contribution in [0.1, 0.15) is 26.7 Å². The molecule has 0 aromatic heterocycles. The Bertz CT molecular complexity index is 165. The lowest BCUT2D eigenvalue weighted by Gasteiger charge is -2.41. The molecule has 0 spiro atoms. The second-order valence-electron chi connectivity index (χ2n) is 4.49. The van der Waals surface area contributed by atoms with Crippen LogP contribution in [-0.4, -0.2) is 36.6 Å². The molecule has 0 aromatic carbocycles. The van der Waals surface area contributed by atoms with Crippen molar-refractivity contribution in [3.63, 3.8) is 0 Å². The van der Waals surface area contributed by atoms with Crippen molar-refractivity contribution in [2.45, 2.75) is 32.2 Å². The van der Waals surface area contributed by atoms with Gasteiger partial charge in [0.2, 0.25) is 0 Å². The quantitative estimate of drug-likeness (QED) is 0.664. The van der Waals surface area contributed by atoms with E-state index in [1.54, 1.807) is 0 Å². The molecule has 70 valence electrons. The maximum Gasteiger partial charge on any atom is 0.0309 e. The van der Waals surface area contributed by atoms with E-state index in [1.807, 2.05) is 0 Å². The molecule has 0 radical (unpaired) electrons. The summed E-state index contributed by atoms with van der Waals surface area (Å²) in [6.45, 7) is 9.54. The summed E-state index contributed by atoms with van der Waals surface area (Å²) in [5, 5.41) is 3.68. The third-order valence-corrected chi connectivity index (χ3v) is 3.43. The number of hydrogen-bond donors (Lipinski definition) is 1. The van der Waals surface area contributed by atoms with E-state index in [9.17, 15) is 0 Å². The summed E-state index contributed by atoms with van der Waals surface area (Å²) >= 11 is 0. The SMILES string of the molecule is CCN1CCNC(C)(C2CC2)C1. The van der Waals surface area contributed by atoms with Gasteiger partial charge in [0, 0.05) is 25.2 Å². The summed E-state index contributed by atoms with van der Waals surface area (Å²) in [6.07, 6.45) is 2.89. The molecule has 2 heteroatoms.